The Hall–Kier alpha value is -1.60. The summed E-state index contributed by atoms with van der Waals surface area (Å²) in [6.07, 6.45) is 2.13. The minimum atomic E-state index is -3.64. The summed E-state index contributed by atoms with van der Waals surface area (Å²) in [5.74, 6) is 0.996. The lowest BCUT2D eigenvalue weighted by Gasteiger charge is -2.23. The fraction of sp³-hybridized carbons (Fsp3) is 0.300. The smallest absolute Gasteiger partial charge is 0.238 e. The molecule has 140 valence electrons. The Bertz CT molecular complexity index is 817. The Morgan fingerprint density at radius 2 is 1.77 bits per heavy atom. The maximum Gasteiger partial charge on any atom is 0.238 e. The van der Waals surface area contributed by atoms with E-state index in [-0.39, 0.29) is 4.90 Å². The Balaban J connectivity index is 1.99. The Morgan fingerprint density at radius 3 is 2.35 bits per heavy atom. The molecule has 2 rings (SSSR count). The molecular weight excluding hydrogens is 364 g/mol. The molecule has 0 aliphatic rings. The van der Waals surface area contributed by atoms with Gasteiger partial charge in [-0.1, -0.05) is 42.0 Å². The predicted octanol–water partition coefficient (Wildman–Crippen LogP) is 3.89. The van der Waals surface area contributed by atoms with Gasteiger partial charge in [-0.15, -0.1) is 11.8 Å². The minimum absolute atomic E-state index is 0.150. The van der Waals surface area contributed by atoms with Gasteiger partial charge in [0.2, 0.25) is 10.0 Å². The number of benzene rings is 2. The molecule has 0 fully saturated rings. The van der Waals surface area contributed by atoms with E-state index in [1.54, 1.807) is 12.1 Å². The number of nitrogens with two attached hydrogens (primary N) is 1. The number of allylic oxidation sites excluding steroid dienone is 1. The lowest BCUT2D eigenvalue weighted by atomic mass is 10.2. The third-order valence-electron chi connectivity index (χ3n) is 4.04. The number of nitrogens with zero attached hydrogens (tertiary/aromatic N) is 1. The molecule has 0 unspecified atom stereocenters. The summed E-state index contributed by atoms with van der Waals surface area (Å²) in [7, 11) is -3.64. The van der Waals surface area contributed by atoms with Crippen LogP contribution in [-0.4, -0.2) is 32.2 Å². The maximum atomic E-state index is 11.4. The quantitative estimate of drug-likeness (QED) is 0.521. The maximum absolute atomic E-state index is 11.4. The first kappa shape index (κ1) is 20.7. The van der Waals surface area contributed by atoms with E-state index in [4.69, 9.17) is 5.14 Å². The molecule has 0 aliphatic carbocycles. The van der Waals surface area contributed by atoms with Crippen LogP contribution in [0.4, 0.5) is 0 Å². The van der Waals surface area contributed by atoms with Gasteiger partial charge in [0.25, 0.3) is 0 Å². The van der Waals surface area contributed by atoms with Crippen molar-refractivity contribution in [3.63, 3.8) is 0 Å². The molecule has 0 saturated heterocycles. The van der Waals surface area contributed by atoms with Gasteiger partial charge in [0.15, 0.2) is 0 Å². The second-order valence-electron chi connectivity index (χ2n) is 6.20. The van der Waals surface area contributed by atoms with Crippen LogP contribution in [0.15, 0.2) is 76.0 Å². The summed E-state index contributed by atoms with van der Waals surface area (Å²) in [4.78, 5) is 3.79. The Morgan fingerprint density at radius 1 is 1.12 bits per heavy atom. The molecule has 0 radical (unpaired) electrons. The van der Waals surface area contributed by atoms with E-state index >= 15 is 0 Å². The second-order valence-corrected chi connectivity index (χ2v) is 8.93. The van der Waals surface area contributed by atoms with Crippen molar-refractivity contribution in [1.82, 2.24) is 4.90 Å². The van der Waals surface area contributed by atoms with Crippen LogP contribution in [0.1, 0.15) is 19.4 Å². The third-order valence-corrected chi connectivity index (χ3v) is 5.96. The molecule has 0 saturated carbocycles. The van der Waals surface area contributed by atoms with Crippen molar-refractivity contribution in [1.29, 1.82) is 0 Å². The van der Waals surface area contributed by atoms with Crippen LogP contribution in [0.2, 0.25) is 0 Å². The number of thioether (sulfide) groups is 1. The van der Waals surface area contributed by atoms with Gasteiger partial charge in [0, 0.05) is 30.3 Å². The monoisotopic (exact) mass is 390 g/mol. The SMILES string of the molecule is C/C=C(\C)CN(CCSc1ccccc1)Cc1ccc(S(N)(=O)=O)cc1. The highest BCUT2D eigenvalue weighted by atomic mass is 32.2. The zero-order valence-electron chi connectivity index (χ0n) is 15.3. The van der Waals surface area contributed by atoms with Crippen LogP contribution in [0.25, 0.3) is 0 Å². The van der Waals surface area contributed by atoms with Crippen molar-refractivity contribution in [2.45, 2.75) is 30.2 Å². The number of hydrogen-bond acceptors (Lipinski definition) is 4. The second kappa shape index (κ2) is 9.92. The highest BCUT2D eigenvalue weighted by Gasteiger charge is 2.10. The van der Waals surface area contributed by atoms with E-state index in [1.165, 1.54) is 10.5 Å². The summed E-state index contributed by atoms with van der Waals surface area (Å²) < 4.78 is 22.8. The molecule has 0 atom stereocenters. The number of hydrogen-bond donors (Lipinski definition) is 1. The van der Waals surface area contributed by atoms with Crippen molar-refractivity contribution in [2.75, 3.05) is 18.8 Å². The van der Waals surface area contributed by atoms with Crippen LogP contribution in [-0.2, 0) is 16.6 Å². The molecule has 2 N–H and O–H groups in total. The largest absolute Gasteiger partial charge is 0.294 e. The summed E-state index contributed by atoms with van der Waals surface area (Å²) in [6.45, 7) is 6.78. The van der Waals surface area contributed by atoms with Gasteiger partial charge in [-0.05, 0) is 43.7 Å². The number of rotatable bonds is 9. The van der Waals surface area contributed by atoms with E-state index < -0.39 is 10.0 Å². The normalized spacial score (nSPS) is 12.5. The first-order valence-electron chi connectivity index (χ1n) is 8.52. The van der Waals surface area contributed by atoms with Gasteiger partial charge in [-0.25, -0.2) is 13.6 Å². The van der Waals surface area contributed by atoms with E-state index in [0.717, 1.165) is 31.0 Å². The van der Waals surface area contributed by atoms with Crippen molar-refractivity contribution < 1.29 is 8.42 Å². The highest BCUT2D eigenvalue weighted by molar-refractivity contribution is 7.99. The first-order chi connectivity index (χ1) is 12.4. The van der Waals surface area contributed by atoms with Gasteiger partial charge >= 0.3 is 0 Å². The standard InChI is InChI=1S/C20H26N2O2S2/c1-3-17(2)15-22(13-14-25-19-7-5-4-6-8-19)16-18-9-11-20(12-10-18)26(21,23)24/h3-12H,13-16H2,1-2H3,(H2,21,23,24)/b17-3+. The molecule has 0 aliphatic heterocycles. The predicted molar refractivity (Wildman–Crippen MR) is 110 cm³/mol. The molecule has 0 heterocycles. The summed E-state index contributed by atoms with van der Waals surface area (Å²) in [5.41, 5.74) is 2.39. The summed E-state index contributed by atoms with van der Waals surface area (Å²) in [6, 6.07) is 17.2. The van der Waals surface area contributed by atoms with Crippen LogP contribution in [0, 0.1) is 0 Å². The van der Waals surface area contributed by atoms with Crippen molar-refractivity contribution >= 4 is 21.8 Å². The van der Waals surface area contributed by atoms with Crippen LogP contribution >= 0.6 is 11.8 Å². The average molecular weight is 391 g/mol. The zero-order chi connectivity index (χ0) is 19.0. The minimum Gasteiger partial charge on any atom is -0.294 e. The van der Waals surface area contributed by atoms with E-state index in [1.807, 2.05) is 36.9 Å². The number of primary sulfonamides is 1. The zero-order valence-corrected chi connectivity index (χ0v) is 16.9. The van der Waals surface area contributed by atoms with Crippen molar-refractivity contribution in [2.24, 2.45) is 5.14 Å². The van der Waals surface area contributed by atoms with E-state index in [0.29, 0.717) is 0 Å². The van der Waals surface area contributed by atoms with Gasteiger partial charge < -0.3 is 0 Å². The molecule has 0 bridgehead atoms. The lowest BCUT2D eigenvalue weighted by molar-refractivity contribution is 0.306. The Labute approximate surface area is 161 Å². The number of sulfonamides is 1. The fourth-order valence-electron chi connectivity index (χ4n) is 2.51. The lowest BCUT2D eigenvalue weighted by Crippen LogP contribution is -2.27. The summed E-state index contributed by atoms with van der Waals surface area (Å²) >= 11 is 1.84. The summed E-state index contributed by atoms with van der Waals surface area (Å²) in [5, 5.41) is 5.16. The van der Waals surface area contributed by atoms with E-state index in [2.05, 4.69) is 42.2 Å². The van der Waals surface area contributed by atoms with Gasteiger partial charge in [-0.3, -0.25) is 4.90 Å². The van der Waals surface area contributed by atoms with Crippen LogP contribution in [0.5, 0.6) is 0 Å². The Kier molecular flexibility index (Phi) is 7.90. The molecule has 2 aromatic rings. The van der Waals surface area contributed by atoms with Crippen molar-refractivity contribution in [3.8, 4) is 0 Å². The molecule has 0 aromatic heterocycles. The van der Waals surface area contributed by atoms with Gasteiger partial charge in [0.1, 0.15) is 0 Å². The topological polar surface area (TPSA) is 63.4 Å². The fourth-order valence-corrected chi connectivity index (χ4v) is 3.96. The van der Waals surface area contributed by atoms with Gasteiger partial charge in [-0.2, -0.15) is 0 Å². The molecule has 0 amide bonds. The molecule has 26 heavy (non-hydrogen) atoms. The van der Waals surface area contributed by atoms with Crippen molar-refractivity contribution in [3.05, 3.63) is 71.8 Å². The molecule has 6 heteroatoms. The highest BCUT2D eigenvalue weighted by Crippen LogP contribution is 2.18. The average Bonchev–Trinajstić information content (AvgIpc) is 2.62. The van der Waals surface area contributed by atoms with Crippen LogP contribution < -0.4 is 5.14 Å². The van der Waals surface area contributed by atoms with Crippen LogP contribution in [0.3, 0.4) is 0 Å². The molecule has 0 spiro atoms. The molecule has 4 nitrogen and oxygen atoms in total. The first-order valence-corrected chi connectivity index (χ1v) is 11.1. The molecule has 2 aromatic carbocycles. The van der Waals surface area contributed by atoms with E-state index in [9.17, 15) is 8.42 Å². The van der Waals surface area contributed by atoms with Gasteiger partial charge in [0.05, 0.1) is 4.90 Å². The molecular formula is C20H26N2O2S2. The third kappa shape index (κ3) is 6.96.